The molecular formula is C21H29N5O. The molecule has 0 atom stereocenters. The number of carbonyl (C=O) groups is 1. The van der Waals surface area contributed by atoms with Gasteiger partial charge in [-0.15, -0.1) is 0 Å². The Labute approximate surface area is 161 Å². The second kappa shape index (κ2) is 9.37. The lowest BCUT2D eigenvalue weighted by Gasteiger charge is -2.34. The van der Waals surface area contributed by atoms with Crippen LogP contribution in [-0.4, -0.2) is 55.6 Å². The molecule has 1 aromatic carbocycles. The van der Waals surface area contributed by atoms with Crippen LogP contribution in [0.2, 0.25) is 0 Å². The van der Waals surface area contributed by atoms with Crippen molar-refractivity contribution >= 4 is 23.0 Å². The zero-order valence-corrected chi connectivity index (χ0v) is 16.2. The molecule has 0 bridgehead atoms. The number of carbonyl (C=O) groups excluding carboxylic acids is 1. The third-order valence-electron chi connectivity index (χ3n) is 4.84. The normalized spacial score (nSPS) is 14.8. The summed E-state index contributed by atoms with van der Waals surface area (Å²) >= 11 is 0. The standard InChI is InChI=1S/C21H29N5O/c1-3-4-9-23-21(27)17-14-19(16-22-15-17)24-18-5-7-20(8-6-18)26-12-10-25(2)11-13-26/h5-8,14-16,24H,3-4,9-13H2,1-2H3,(H,23,27). The Morgan fingerprint density at radius 2 is 1.81 bits per heavy atom. The molecule has 0 saturated carbocycles. The van der Waals surface area contributed by atoms with Gasteiger partial charge < -0.3 is 20.4 Å². The predicted molar refractivity (Wildman–Crippen MR) is 111 cm³/mol. The molecule has 3 rings (SSSR count). The van der Waals surface area contributed by atoms with E-state index in [9.17, 15) is 4.79 Å². The highest BCUT2D eigenvalue weighted by atomic mass is 16.1. The average Bonchev–Trinajstić information content (AvgIpc) is 2.70. The lowest BCUT2D eigenvalue weighted by molar-refractivity contribution is 0.0953. The highest BCUT2D eigenvalue weighted by Crippen LogP contribution is 2.22. The molecule has 1 saturated heterocycles. The molecular weight excluding hydrogens is 338 g/mol. The van der Waals surface area contributed by atoms with Crippen LogP contribution in [0.5, 0.6) is 0 Å². The minimum Gasteiger partial charge on any atom is -0.369 e. The monoisotopic (exact) mass is 367 g/mol. The van der Waals surface area contributed by atoms with E-state index < -0.39 is 0 Å². The molecule has 1 aromatic heterocycles. The van der Waals surface area contributed by atoms with Crippen LogP contribution in [-0.2, 0) is 0 Å². The second-order valence-electron chi connectivity index (χ2n) is 7.03. The molecule has 2 heterocycles. The first-order valence-electron chi connectivity index (χ1n) is 9.69. The maximum atomic E-state index is 12.2. The summed E-state index contributed by atoms with van der Waals surface area (Å²) in [7, 11) is 2.16. The number of pyridine rings is 1. The van der Waals surface area contributed by atoms with E-state index in [1.165, 1.54) is 5.69 Å². The summed E-state index contributed by atoms with van der Waals surface area (Å²) in [5.41, 5.74) is 3.62. The van der Waals surface area contributed by atoms with Gasteiger partial charge in [-0.3, -0.25) is 9.78 Å². The number of nitrogens with one attached hydrogen (secondary N) is 2. The molecule has 1 aliphatic heterocycles. The Kier molecular flexibility index (Phi) is 6.65. The van der Waals surface area contributed by atoms with Gasteiger partial charge in [0.05, 0.1) is 17.4 Å². The molecule has 6 nitrogen and oxygen atoms in total. The summed E-state index contributed by atoms with van der Waals surface area (Å²) in [6.07, 6.45) is 5.38. The summed E-state index contributed by atoms with van der Waals surface area (Å²) in [4.78, 5) is 21.1. The maximum absolute atomic E-state index is 12.2. The van der Waals surface area contributed by atoms with Crippen molar-refractivity contribution in [3.05, 3.63) is 48.3 Å². The van der Waals surface area contributed by atoms with Crippen molar-refractivity contribution in [3.8, 4) is 0 Å². The van der Waals surface area contributed by atoms with Crippen LogP contribution in [0.4, 0.5) is 17.1 Å². The van der Waals surface area contributed by atoms with Gasteiger partial charge in [-0.1, -0.05) is 13.3 Å². The molecule has 144 valence electrons. The van der Waals surface area contributed by atoms with Gasteiger partial charge in [0.1, 0.15) is 0 Å². The summed E-state index contributed by atoms with van der Waals surface area (Å²) in [5, 5.41) is 6.26. The topological polar surface area (TPSA) is 60.5 Å². The fourth-order valence-electron chi connectivity index (χ4n) is 3.10. The lowest BCUT2D eigenvalue weighted by Crippen LogP contribution is -2.44. The lowest BCUT2D eigenvalue weighted by atomic mass is 10.2. The number of benzene rings is 1. The number of aromatic nitrogens is 1. The smallest absolute Gasteiger partial charge is 0.252 e. The first-order valence-corrected chi connectivity index (χ1v) is 9.69. The van der Waals surface area contributed by atoms with Crippen molar-refractivity contribution in [1.82, 2.24) is 15.2 Å². The number of piperazine rings is 1. The number of rotatable bonds is 7. The minimum atomic E-state index is -0.0787. The molecule has 0 unspecified atom stereocenters. The van der Waals surface area contributed by atoms with Crippen molar-refractivity contribution in [3.63, 3.8) is 0 Å². The summed E-state index contributed by atoms with van der Waals surface area (Å²) in [6, 6.07) is 10.3. The van der Waals surface area contributed by atoms with E-state index in [0.29, 0.717) is 12.1 Å². The van der Waals surface area contributed by atoms with Crippen molar-refractivity contribution < 1.29 is 4.79 Å². The molecule has 1 aliphatic rings. The van der Waals surface area contributed by atoms with Gasteiger partial charge in [-0.05, 0) is 43.8 Å². The minimum absolute atomic E-state index is 0.0787. The van der Waals surface area contributed by atoms with Crippen molar-refractivity contribution in [1.29, 1.82) is 0 Å². The quantitative estimate of drug-likeness (QED) is 0.737. The largest absolute Gasteiger partial charge is 0.369 e. The summed E-state index contributed by atoms with van der Waals surface area (Å²) in [6.45, 7) is 7.11. The predicted octanol–water partition coefficient (Wildman–Crippen LogP) is 3.11. The Bertz CT molecular complexity index is 738. The van der Waals surface area contributed by atoms with E-state index in [1.807, 2.05) is 6.07 Å². The third-order valence-corrected chi connectivity index (χ3v) is 4.84. The summed E-state index contributed by atoms with van der Waals surface area (Å²) < 4.78 is 0. The zero-order valence-electron chi connectivity index (χ0n) is 16.2. The number of hydrogen-bond acceptors (Lipinski definition) is 5. The van der Waals surface area contributed by atoms with Crippen LogP contribution >= 0.6 is 0 Å². The van der Waals surface area contributed by atoms with Crippen LogP contribution in [0.1, 0.15) is 30.1 Å². The highest BCUT2D eigenvalue weighted by molar-refractivity contribution is 5.94. The van der Waals surface area contributed by atoms with E-state index in [1.54, 1.807) is 12.4 Å². The Morgan fingerprint density at radius 1 is 1.07 bits per heavy atom. The van der Waals surface area contributed by atoms with Gasteiger partial charge in [0.15, 0.2) is 0 Å². The first kappa shape index (κ1) is 19.2. The van der Waals surface area contributed by atoms with Crippen molar-refractivity contribution in [2.24, 2.45) is 0 Å². The number of likely N-dealkylation sites (N-methyl/N-ethyl adjacent to an activating group) is 1. The van der Waals surface area contributed by atoms with Gasteiger partial charge in [-0.2, -0.15) is 0 Å². The Hall–Kier alpha value is -2.60. The first-order chi connectivity index (χ1) is 13.2. The molecule has 2 N–H and O–H groups in total. The SMILES string of the molecule is CCCCNC(=O)c1cncc(Nc2ccc(N3CCN(C)CC3)cc2)c1. The molecule has 27 heavy (non-hydrogen) atoms. The van der Waals surface area contributed by atoms with Gasteiger partial charge in [0.25, 0.3) is 5.91 Å². The van der Waals surface area contributed by atoms with Gasteiger partial charge in [-0.25, -0.2) is 0 Å². The fraction of sp³-hybridized carbons (Fsp3) is 0.429. The van der Waals surface area contributed by atoms with Crippen molar-refractivity contribution in [2.75, 3.05) is 50.0 Å². The number of hydrogen-bond donors (Lipinski definition) is 2. The number of anilines is 3. The Balaban J connectivity index is 1.60. The van der Waals surface area contributed by atoms with Gasteiger partial charge in [0, 0.05) is 50.3 Å². The van der Waals surface area contributed by atoms with E-state index in [-0.39, 0.29) is 5.91 Å². The van der Waals surface area contributed by atoms with Crippen LogP contribution in [0, 0.1) is 0 Å². The summed E-state index contributed by atoms with van der Waals surface area (Å²) in [5.74, 6) is -0.0787. The molecule has 1 amide bonds. The van der Waals surface area contributed by atoms with Crippen LogP contribution in [0.15, 0.2) is 42.7 Å². The fourth-order valence-corrected chi connectivity index (χ4v) is 3.10. The third kappa shape index (κ3) is 5.44. The number of amides is 1. The van der Waals surface area contributed by atoms with E-state index in [4.69, 9.17) is 0 Å². The van der Waals surface area contributed by atoms with Crippen LogP contribution in [0.3, 0.4) is 0 Å². The zero-order chi connectivity index (χ0) is 19.1. The molecule has 0 radical (unpaired) electrons. The highest BCUT2D eigenvalue weighted by Gasteiger charge is 2.14. The van der Waals surface area contributed by atoms with E-state index >= 15 is 0 Å². The van der Waals surface area contributed by atoms with Gasteiger partial charge >= 0.3 is 0 Å². The van der Waals surface area contributed by atoms with Crippen LogP contribution in [0.25, 0.3) is 0 Å². The van der Waals surface area contributed by atoms with Crippen LogP contribution < -0.4 is 15.5 Å². The Morgan fingerprint density at radius 3 is 2.52 bits per heavy atom. The number of unbranched alkanes of at least 4 members (excludes halogenated alkanes) is 1. The average molecular weight is 367 g/mol. The van der Waals surface area contributed by atoms with Crippen molar-refractivity contribution in [2.45, 2.75) is 19.8 Å². The van der Waals surface area contributed by atoms with E-state index in [0.717, 1.165) is 50.4 Å². The second-order valence-corrected chi connectivity index (χ2v) is 7.03. The number of nitrogens with zero attached hydrogens (tertiary/aromatic N) is 3. The van der Waals surface area contributed by atoms with E-state index in [2.05, 4.69) is 63.7 Å². The molecule has 1 fully saturated rings. The molecule has 0 aliphatic carbocycles. The van der Waals surface area contributed by atoms with Gasteiger partial charge in [0.2, 0.25) is 0 Å². The molecule has 2 aromatic rings. The molecule has 0 spiro atoms. The maximum Gasteiger partial charge on any atom is 0.252 e. The molecule has 6 heteroatoms.